The molecular formula is C21H20ClFN2O3. The van der Waals surface area contributed by atoms with Crippen LogP contribution >= 0.6 is 11.6 Å². The molecule has 146 valence electrons. The van der Waals surface area contributed by atoms with Crippen LogP contribution in [0.5, 0.6) is 0 Å². The van der Waals surface area contributed by atoms with E-state index in [0.29, 0.717) is 42.3 Å². The molecule has 0 unspecified atom stereocenters. The first-order chi connectivity index (χ1) is 13.4. The van der Waals surface area contributed by atoms with E-state index in [4.69, 9.17) is 11.6 Å². The second kappa shape index (κ2) is 8.97. The summed E-state index contributed by atoms with van der Waals surface area (Å²) < 4.78 is 13.0. The van der Waals surface area contributed by atoms with Gasteiger partial charge >= 0.3 is 0 Å². The van der Waals surface area contributed by atoms with Crippen LogP contribution in [-0.2, 0) is 4.79 Å². The summed E-state index contributed by atoms with van der Waals surface area (Å²) in [5.74, 6) is -0.767. The molecule has 2 aromatic rings. The molecule has 1 fully saturated rings. The molecule has 5 nitrogen and oxygen atoms in total. The van der Waals surface area contributed by atoms with Gasteiger partial charge in [0, 0.05) is 55.2 Å². The standard InChI is InChI=1S/C21H20ClFN2O3/c22-17-5-1-15(2-6-17)19(26)9-10-20(27)24-11-13-25(14-12-24)21(28)16-3-7-18(23)8-4-16/h1-8H,9-14H2. The quantitative estimate of drug-likeness (QED) is 0.720. The molecule has 1 aliphatic rings. The van der Waals surface area contributed by atoms with Crippen molar-refractivity contribution >= 4 is 29.2 Å². The van der Waals surface area contributed by atoms with Gasteiger partial charge in [-0.2, -0.15) is 0 Å². The fourth-order valence-electron chi connectivity index (χ4n) is 3.09. The molecule has 2 amide bonds. The molecule has 0 spiro atoms. The van der Waals surface area contributed by atoms with Crippen molar-refractivity contribution in [2.45, 2.75) is 12.8 Å². The Balaban J connectivity index is 1.47. The summed E-state index contributed by atoms with van der Waals surface area (Å²) in [4.78, 5) is 40.3. The number of carbonyl (C=O) groups is 3. The number of benzene rings is 2. The number of amides is 2. The number of halogens is 2. The van der Waals surface area contributed by atoms with E-state index in [2.05, 4.69) is 0 Å². The smallest absolute Gasteiger partial charge is 0.253 e. The van der Waals surface area contributed by atoms with Crippen molar-refractivity contribution in [2.75, 3.05) is 26.2 Å². The van der Waals surface area contributed by atoms with Crippen molar-refractivity contribution in [2.24, 2.45) is 0 Å². The topological polar surface area (TPSA) is 57.7 Å². The fourth-order valence-corrected chi connectivity index (χ4v) is 3.22. The first-order valence-electron chi connectivity index (χ1n) is 9.05. The lowest BCUT2D eigenvalue weighted by molar-refractivity contribution is -0.132. The molecule has 7 heteroatoms. The van der Waals surface area contributed by atoms with Crippen LogP contribution in [0.2, 0.25) is 5.02 Å². The van der Waals surface area contributed by atoms with E-state index in [1.54, 1.807) is 34.1 Å². The predicted octanol–water partition coefficient (Wildman–Crippen LogP) is 3.43. The second-order valence-electron chi connectivity index (χ2n) is 6.61. The Labute approximate surface area is 167 Å². The molecule has 0 atom stereocenters. The van der Waals surface area contributed by atoms with E-state index < -0.39 is 0 Å². The lowest BCUT2D eigenvalue weighted by Gasteiger charge is -2.34. The van der Waals surface area contributed by atoms with Gasteiger partial charge in [0.15, 0.2) is 5.78 Å². The third kappa shape index (κ3) is 4.95. The largest absolute Gasteiger partial charge is 0.339 e. The zero-order valence-electron chi connectivity index (χ0n) is 15.2. The van der Waals surface area contributed by atoms with E-state index >= 15 is 0 Å². The van der Waals surface area contributed by atoms with Crippen LogP contribution in [0.15, 0.2) is 48.5 Å². The normalized spacial score (nSPS) is 14.1. The van der Waals surface area contributed by atoms with Gasteiger partial charge in [-0.3, -0.25) is 14.4 Å². The number of piperazine rings is 1. The van der Waals surface area contributed by atoms with Gasteiger partial charge in [-0.25, -0.2) is 4.39 Å². The highest BCUT2D eigenvalue weighted by Crippen LogP contribution is 2.14. The van der Waals surface area contributed by atoms with E-state index in [1.165, 1.54) is 24.3 Å². The minimum absolute atomic E-state index is 0.101. The zero-order valence-corrected chi connectivity index (χ0v) is 16.0. The summed E-state index contributed by atoms with van der Waals surface area (Å²) in [6.07, 6.45) is 0.266. The number of Topliss-reactive ketones (excluding diaryl/α,β-unsaturated/α-hetero) is 1. The maximum absolute atomic E-state index is 13.0. The van der Waals surface area contributed by atoms with Gasteiger partial charge in [-0.15, -0.1) is 0 Å². The Bertz CT molecular complexity index is 860. The number of ketones is 1. The van der Waals surface area contributed by atoms with Gasteiger partial charge in [-0.05, 0) is 48.5 Å². The average molecular weight is 403 g/mol. The molecule has 1 aliphatic heterocycles. The van der Waals surface area contributed by atoms with Gasteiger partial charge in [0.25, 0.3) is 5.91 Å². The van der Waals surface area contributed by atoms with Crippen LogP contribution in [0.4, 0.5) is 4.39 Å². The van der Waals surface area contributed by atoms with Crippen LogP contribution in [0.25, 0.3) is 0 Å². The van der Waals surface area contributed by atoms with Crippen molar-refractivity contribution in [3.05, 3.63) is 70.5 Å². The third-order valence-corrected chi connectivity index (χ3v) is 4.99. The highest BCUT2D eigenvalue weighted by atomic mass is 35.5. The highest BCUT2D eigenvalue weighted by Gasteiger charge is 2.25. The van der Waals surface area contributed by atoms with Crippen molar-refractivity contribution in [3.63, 3.8) is 0 Å². The van der Waals surface area contributed by atoms with Crippen molar-refractivity contribution in [1.82, 2.24) is 9.80 Å². The molecule has 0 aliphatic carbocycles. The Morgan fingerprint density at radius 1 is 0.786 bits per heavy atom. The Hall–Kier alpha value is -2.73. The minimum atomic E-state index is -0.389. The third-order valence-electron chi connectivity index (χ3n) is 4.74. The molecule has 1 heterocycles. The van der Waals surface area contributed by atoms with Crippen molar-refractivity contribution in [3.8, 4) is 0 Å². The Kier molecular flexibility index (Phi) is 6.41. The van der Waals surface area contributed by atoms with Crippen LogP contribution in [-0.4, -0.2) is 53.6 Å². The minimum Gasteiger partial charge on any atom is -0.339 e. The number of rotatable bonds is 5. The first-order valence-corrected chi connectivity index (χ1v) is 9.43. The number of hydrogen-bond acceptors (Lipinski definition) is 3. The monoisotopic (exact) mass is 402 g/mol. The van der Waals surface area contributed by atoms with Crippen LogP contribution in [0.3, 0.4) is 0 Å². The maximum Gasteiger partial charge on any atom is 0.253 e. The summed E-state index contributed by atoms with van der Waals surface area (Å²) in [5, 5.41) is 0.556. The summed E-state index contributed by atoms with van der Waals surface area (Å²) in [6.45, 7) is 1.65. The summed E-state index contributed by atoms with van der Waals surface area (Å²) in [5.41, 5.74) is 0.960. The SMILES string of the molecule is O=C(CCC(=O)N1CCN(C(=O)c2ccc(F)cc2)CC1)c1ccc(Cl)cc1. The number of hydrogen-bond donors (Lipinski definition) is 0. The van der Waals surface area contributed by atoms with Crippen molar-refractivity contribution < 1.29 is 18.8 Å². The average Bonchev–Trinajstić information content (AvgIpc) is 2.72. The van der Waals surface area contributed by atoms with Gasteiger partial charge in [-0.1, -0.05) is 11.6 Å². The molecular weight excluding hydrogens is 383 g/mol. The Morgan fingerprint density at radius 3 is 1.93 bits per heavy atom. The fraction of sp³-hybridized carbons (Fsp3) is 0.286. The second-order valence-corrected chi connectivity index (χ2v) is 7.05. The first kappa shape index (κ1) is 20.0. The molecule has 0 bridgehead atoms. The molecule has 1 saturated heterocycles. The number of nitrogens with zero attached hydrogens (tertiary/aromatic N) is 2. The van der Waals surface area contributed by atoms with Crippen LogP contribution < -0.4 is 0 Å². The predicted molar refractivity (Wildman–Crippen MR) is 104 cm³/mol. The lowest BCUT2D eigenvalue weighted by atomic mass is 10.1. The van der Waals surface area contributed by atoms with E-state index in [9.17, 15) is 18.8 Å². The van der Waals surface area contributed by atoms with Gasteiger partial charge < -0.3 is 9.80 Å². The number of carbonyl (C=O) groups excluding carboxylic acids is 3. The van der Waals surface area contributed by atoms with E-state index in [0.717, 1.165) is 0 Å². The van der Waals surface area contributed by atoms with Crippen LogP contribution in [0, 0.1) is 5.82 Å². The van der Waals surface area contributed by atoms with Crippen LogP contribution in [0.1, 0.15) is 33.6 Å². The Morgan fingerprint density at radius 2 is 1.32 bits per heavy atom. The lowest BCUT2D eigenvalue weighted by Crippen LogP contribution is -2.50. The maximum atomic E-state index is 13.0. The van der Waals surface area contributed by atoms with Gasteiger partial charge in [0.05, 0.1) is 0 Å². The summed E-state index contributed by atoms with van der Waals surface area (Å²) >= 11 is 5.81. The molecule has 3 rings (SSSR count). The van der Waals surface area contributed by atoms with E-state index in [1.807, 2.05) is 0 Å². The highest BCUT2D eigenvalue weighted by molar-refractivity contribution is 6.30. The summed E-state index contributed by atoms with van der Waals surface area (Å²) in [7, 11) is 0. The molecule has 0 N–H and O–H groups in total. The summed E-state index contributed by atoms with van der Waals surface area (Å²) in [6, 6.07) is 12.0. The van der Waals surface area contributed by atoms with E-state index in [-0.39, 0.29) is 36.3 Å². The zero-order chi connectivity index (χ0) is 20.1. The molecule has 0 radical (unpaired) electrons. The molecule has 0 aromatic heterocycles. The molecule has 28 heavy (non-hydrogen) atoms. The molecule has 2 aromatic carbocycles. The van der Waals surface area contributed by atoms with Crippen molar-refractivity contribution in [1.29, 1.82) is 0 Å². The van der Waals surface area contributed by atoms with Gasteiger partial charge in [0.1, 0.15) is 5.82 Å². The molecule has 0 saturated carbocycles. The van der Waals surface area contributed by atoms with Gasteiger partial charge in [0.2, 0.25) is 5.91 Å².